The van der Waals surface area contributed by atoms with Crippen LogP contribution < -0.4 is 5.32 Å². The molecular formula is C15H17NO2S. The standard InChI is InChI=1S/C15H17NO2S/c17-13-6-3-4-10(13)8-16-15(18)12-9-19-14-7-2-1-5-11(12)14/h1-2,5,7,9-10,13,17H,3-4,6,8H2,(H,16,18). The monoisotopic (exact) mass is 275 g/mol. The Labute approximate surface area is 116 Å². The minimum atomic E-state index is -0.250. The van der Waals surface area contributed by atoms with Gasteiger partial charge in [-0.15, -0.1) is 11.3 Å². The van der Waals surface area contributed by atoms with Gasteiger partial charge in [-0.3, -0.25) is 4.79 Å². The van der Waals surface area contributed by atoms with Crippen molar-refractivity contribution in [1.82, 2.24) is 5.32 Å². The Balaban J connectivity index is 1.70. The minimum absolute atomic E-state index is 0.0310. The van der Waals surface area contributed by atoms with Crippen molar-refractivity contribution in [2.24, 2.45) is 5.92 Å². The second kappa shape index (κ2) is 5.31. The van der Waals surface area contributed by atoms with E-state index in [2.05, 4.69) is 5.32 Å². The molecule has 0 saturated heterocycles. The summed E-state index contributed by atoms with van der Waals surface area (Å²) in [6.45, 7) is 0.574. The zero-order chi connectivity index (χ0) is 13.2. The SMILES string of the molecule is O=C(NCC1CCCC1O)c1csc2ccccc12. The number of amides is 1. The van der Waals surface area contributed by atoms with Crippen LogP contribution in [-0.2, 0) is 0 Å². The van der Waals surface area contributed by atoms with Crippen LogP contribution in [0.1, 0.15) is 29.6 Å². The summed E-state index contributed by atoms with van der Waals surface area (Å²) in [6.07, 6.45) is 2.68. The van der Waals surface area contributed by atoms with Crippen LogP contribution in [0, 0.1) is 5.92 Å². The third-order valence-corrected chi connectivity index (χ3v) is 4.83. The third kappa shape index (κ3) is 2.51. The lowest BCUT2D eigenvalue weighted by Gasteiger charge is -2.14. The Morgan fingerprint density at radius 1 is 1.37 bits per heavy atom. The number of fused-ring (bicyclic) bond motifs is 1. The van der Waals surface area contributed by atoms with Crippen LogP contribution in [0.25, 0.3) is 10.1 Å². The number of carbonyl (C=O) groups is 1. The van der Waals surface area contributed by atoms with E-state index in [1.54, 1.807) is 11.3 Å². The second-order valence-corrected chi connectivity index (χ2v) is 6.03. The van der Waals surface area contributed by atoms with E-state index < -0.39 is 0 Å². The van der Waals surface area contributed by atoms with Crippen molar-refractivity contribution >= 4 is 27.3 Å². The fourth-order valence-electron chi connectivity index (χ4n) is 2.73. The molecule has 2 atom stereocenters. The van der Waals surface area contributed by atoms with E-state index >= 15 is 0 Å². The molecule has 2 N–H and O–H groups in total. The molecule has 1 aliphatic rings. The molecule has 1 fully saturated rings. The first kappa shape index (κ1) is 12.6. The maximum absolute atomic E-state index is 12.2. The van der Waals surface area contributed by atoms with Gasteiger partial charge in [0.15, 0.2) is 0 Å². The maximum atomic E-state index is 12.2. The number of benzene rings is 1. The molecule has 2 unspecified atom stereocenters. The molecule has 0 bridgehead atoms. The molecule has 0 spiro atoms. The predicted molar refractivity (Wildman–Crippen MR) is 77.5 cm³/mol. The summed E-state index contributed by atoms with van der Waals surface area (Å²) in [4.78, 5) is 12.2. The van der Waals surface area contributed by atoms with Crippen LogP contribution in [0.15, 0.2) is 29.6 Å². The van der Waals surface area contributed by atoms with E-state index in [1.165, 1.54) is 0 Å². The van der Waals surface area contributed by atoms with E-state index in [-0.39, 0.29) is 17.9 Å². The number of thiophene rings is 1. The topological polar surface area (TPSA) is 49.3 Å². The quantitative estimate of drug-likeness (QED) is 0.905. The predicted octanol–water partition coefficient (Wildman–Crippen LogP) is 2.79. The molecule has 0 aliphatic heterocycles. The van der Waals surface area contributed by atoms with Crippen LogP contribution >= 0.6 is 11.3 Å². The van der Waals surface area contributed by atoms with Crippen LogP contribution in [0.4, 0.5) is 0 Å². The molecule has 1 aromatic carbocycles. The number of rotatable bonds is 3. The van der Waals surface area contributed by atoms with Crippen molar-refractivity contribution in [3.63, 3.8) is 0 Å². The number of hydrogen-bond acceptors (Lipinski definition) is 3. The highest BCUT2D eigenvalue weighted by atomic mass is 32.1. The van der Waals surface area contributed by atoms with Gasteiger partial charge in [-0.05, 0) is 18.9 Å². The van der Waals surface area contributed by atoms with E-state index in [4.69, 9.17) is 0 Å². The zero-order valence-corrected chi connectivity index (χ0v) is 11.5. The third-order valence-electron chi connectivity index (χ3n) is 3.87. The molecular weight excluding hydrogens is 258 g/mol. The number of hydrogen-bond donors (Lipinski definition) is 2. The minimum Gasteiger partial charge on any atom is -0.393 e. The molecule has 2 aromatic rings. The molecule has 1 saturated carbocycles. The van der Waals surface area contributed by atoms with Crippen LogP contribution in [0.5, 0.6) is 0 Å². The number of aliphatic hydroxyl groups excluding tert-OH is 1. The summed E-state index contributed by atoms with van der Waals surface area (Å²) in [5, 5.41) is 15.6. The Morgan fingerprint density at radius 2 is 2.21 bits per heavy atom. The van der Waals surface area contributed by atoms with Crippen molar-refractivity contribution in [2.75, 3.05) is 6.54 Å². The molecule has 1 heterocycles. The average Bonchev–Trinajstić information content (AvgIpc) is 3.02. The summed E-state index contributed by atoms with van der Waals surface area (Å²) in [7, 11) is 0. The fourth-order valence-corrected chi connectivity index (χ4v) is 3.67. The highest BCUT2D eigenvalue weighted by molar-refractivity contribution is 7.17. The molecule has 0 radical (unpaired) electrons. The van der Waals surface area contributed by atoms with E-state index in [0.29, 0.717) is 6.54 Å². The van der Waals surface area contributed by atoms with Gasteiger partial charge >= 0.3 is 0 Å². The van der Waals surface area contributed by atoms with E-state index in [0.717, 1.165) is 34.9 Å². The summed E-state index contributed by atoms with van der Waals surface area (Å²) >= 11 is 1.59. The van der Waals surface area contributed by atoms with Crippen LogP contribution in [-0.4, -0.2) is 23.7 Å². The van der Waals surface area contributed by atoms with Crippen molar-refractivity contribution < 1.29 is 9.90 Å². The molecule has 19 heavy (non-hydrogen) atoms. The normalized spacial score (nSPS) is 22.8. The number of nitrogens with one attached hydrogen (secondary N) is 1. The van der Waals surface area contributed by atoms with E-state index in [9.17, 15) is 9.90 Å². The van der Waals surface area contributed by atoms with Gasteiger partial charge in [0, 0.05) is 27.9 Å². The highest BCUT2D eigenvalue weighted by Gasteiger charge is 2.25. The van der Waals surface area contributed by atoms with Gasteiger partial charge in [0.05, 0.1) is 11.7 Å². The van der Waals surface area contributed by atoms with E-state index in [1.807, 2.05) is 29.6 Å². The largest absolute Gasteiger partial charge is 0.393 e. The Kier molecular flexibility index (Phi) is 3.53. The molecule has 1 aromatic heterocycles. The lowest BCUT2D eigenvalue weighted by molar-refractivity contribution is 0.0919. The van der Waals surface area contributed by atoms with Crippen molar-refractivity contribution in [2.45, 2.75) is 25.4 Å². The molecule has 100 valence electrons. The first-order chi connectivity index (χ1) is 9.25. The smallest absolute Gasteiger partial charge is 0.252 e. The number of carbonyl (C=O) groups excluding carboxylic acids is 1. The lowest BCUT2D eigenvalue weighted by atomic mass is 10.1. The first-order valence-electron chi connectivity index (χ1n) is 6.68. The highest BCUT2D eigenvalue weighted by Crippen LogP contribution is 2.27. The summed E-state index contributed by atoms with van der Waals surface area (Å²) in [6, 6.07) is 7.94. The van der Waals surface area contributed by atoms with Gasteiger partial charge < -0.3 is 10.4 Å². The van der Waals surface area contributed by atoms with Gasteiger partial charge in [0.2, 0.25) is 0 Å². The van der Waals surface area contributed by atoms with Crippen molar-refractivity contribution in [3.05, 3.63) is 35.2 Å². The Morgan fingerprint density at radius 3 is 3.00 bits per heavy atom. The molecule has 3 rings (SSSR count). The van der Waals surface area contributed by atoms with Gasteiger partial charge in [-0.2, -0.15) is 0 Å². The first-order valence-corrected chi connectivity index (χ1v) is 7.56. The lowest BCUT2D eigenvalue weighted by Crippen LogP contribution is -2.32. The maximum Gasteiger partial charge on any atom is 0.252 e. The molecule has 4 heteroatoms. The summed E-state index contributed by atoms with van der Waals surface area (Å²) in [5.41, 5.74) is 0.744. The average molecular weight is 275 g/mol. The van der Waals surface area contributed by atoms with Crippen molar-refractivity contribution in [3.8, 4) is 0 Å². The van der Waals surface area contributed by atoms with Gasteiger partial charge in [0.25, 0.3) is 5.91 Å². The van der Waals surface area contributed by atoms with Gasteiger partial charge in [-0.1, -0.05) is 24.6 Å². The number of aliphatic hydroxyl groups is 1. The molecule has 1 aliphatic carbocycles. The fraction of sp³-hybridized carbons (Fsp3) is 0.400. The summed E-state index contributed by atoms with van der Waals surface area (Å²) in [5.74, 6) is 0.186. The zero-order valence-electron chi connectivity index (χ0n) is 10.6. The molecule has 3 nitrogen and oxygen atoms in total. The van der Waals surface area contributed by atoms with Gasteiger partial charge in [-0.25, -0.2) is 0 Å². The Bertz CT molecular complexity index is 593. The van der Waals surface area contributed by atoms with Crippen LogP contribution in [0.2, 0.25) is 0 Å². The van der Waals surface area contributed by atoms with Crippen molar-refractivity contribution in [1.29, 1.82) is 0 Å². The Hall–Kier alpha value is -1.39. The van der Waals surface area contributed by atoms with Crippen LogP contribution in [0.3, 0.4) is 0 Å². The molecule has 1 amide bonds. The summed E-state index contributed by atoms with van der Waals surface area (Å²) < 4.78 is 1.13. The second-order valence-electron chi connectivity index (χ2n) is 5.11. The van der Waals surface area contributed by atoms with Gasteiger partial charge in [0.1, 0.15) is 0 Å².